The van der Waals surface area contributed by atoms with Crippen LogP contribution in [0, 0.1) is 11.6 Å². The number of carbonyl (C=O) groups is 1. The Hall–Kier alpha value is -2.63. The Morgan fingerprint density at radius 2 is 1.71 bits per heavy atom. The van der Waals surface area contributed by atoms with Crippen LogP contribution in [0.3, 0.4) is 0 Å². The third kappa shape index (κ3) is 3.47. The van der Waals surface area contributed by atoms with Gasteiger partial charge < -0.3 is 15.4 Å². The quantitative estimate of drug-likeness (QED) is 0.881. The molecule has 21 heavy (non-hydrogen) atoms. The van der Waals surface area contributed by atoms with Gasteiger partial charge in [-0.05, 0) is 36.4 Å². The summed E-state index contributed by atoms with van der Waals surface area (Å²) >= 11 is 0. The van der Waals surface area contributed by atoms with E-state index >= 15 is 0 Å². The Morgan fingerprint density at radius 3 is 2.29 bits per heavy atom. The normalized spacial score (nSPS) is 10.2. The van der Waals surface area contributed by atoms with Crippen LogP contribution in [-0.4, -0.2) is 19.6 Å². The molecule has 1 amide bonds. The third-order valence-electron chi connectivity index (χ3n) is 2.91. The molecule has 0 unspecified atom stereocenters. The maximum Gasteiger partial charge on any atom is 0.264 e. The van der Waals surface area contributed by atoms with E-state index in [4.69, 9.17) is 10.5 Å². The number of ether oxygens (including phenoxy) is 1. The number of rotatable bonds is 4. The molecule has 110 valence electrons. The van der Waals surface area contributed by atoms with E-state index in [0.29, 0.717) is 11.4 Å². The van der Waals surface area contributed by atoms with Gasteiger partial charge in [-0.25, -0.2) is 8.78 Å². The van der Waals surface area contributed by atoms with Gasteiger partial charge in [0.05, 0.1) is 0 Å². The second kappa shape index (κ2) is 6.21. The van der Waals surface area contributed by atoms with Gasteiger partial charge in [-0.15, -0.1) is 0 Å². The minimum atomic E-state index is -0.849. The number of benzene rings is 2. The molecule has 0 spiro atoms. The largest absolute Gasteiger partial charge is 0.478 e. The average molecular weight is 292 g/mol. The van der Waals surface area contributed by atoms with Crippen molar-refractivity contribution in [3.05, 3.63) is 54.1 Å². The summed E-state index contributed by atoms with van der Waals surface area (Å²) in [5.41, 5.74) is 6.74. The average Bonchev–Trinajstić information content (AvgIpc) is 2.46. The number of para-hydroxylation sites is 1. The zero-order valence-corrected chi connectivity index (χ0v) is 11.3. The molecule has 2 aromatic rings. The lowest BCUT2D eigenvalue weighted by Crippen LogP contribution is -2.31. The molecule has 4 nitrogen and oxygen atoms in total. The molecular formula is C15H14F2N2O2. The fourth-order valence-corrected chi connectivity index (χ4v) is 1.69. The van der Waals surface area contributed by atoms with Crippen LogP contribution < -0.4 is 15.4 Å². The Kier molecular flexibility index (Phi) is 4.37. The van der Waals surface area contributed by atoms with Crippen molar-refractivity contribution in [2.24, 2.45) is 0 Å². The molecule has 0 heterocycles. The van der Waals surface area contributed by atoms with Crippen molar-refractivity contribution in [3.8, 4) is 5.75 Å². The van der Waals surface area contributed by atoms with Crippen molar-refractivity contribution < 1.29 is 18.3 Å². The molecule has 0 radical (unpaired) electrons. The SMILES string of the molecule is CN(C(=O)COc1c(F)cccc1F)c1ccc(N)cc1. The smallest absolute Gasteiger partial charge is 0.264 e. The summed E-state index contributed by atoms with van der Waals surface area (Å²) in [5, 5.41) is 0. The van der Waals surface area contributed by atoms with Crippen molar-refractivity contribution in [1.29, 1.82) is 0 Å². The van der Waals surface area contributed by atoms with E-state index in [1.807, 2.05) is 0 Å². The predicted molar refractivity (Wildman–Crippen MR) is 76.1 cm³/mol. The van der Waals surface area contributed by atoms with Crippen LogP contribution in [0.25, 0.3) is 0 Å². The molecule has 0 saturated heterocycles. The summed E-state index contributed by atoms with van der Waals surface area (Å²) < 4.78 is 31.7. The summed E-state index contributed by atoms with van der Waals surface area (Å²) in [6.07, 6.45) is 0. The topological polar surface area (TPSA) is 55.6 Å². The molecule has 2 rings (SSSR count). The Labute approximate surface area is 120 Å². The summed E-state index contributed by atoms with van der Waals surface area (Å²) in [6, 6.07) is 9.97. The van der Waals surface area contributed by atoms with Gasteiger partial charge in [0.25, 0.3) is 5.91 Å². The van der Waals surface area contributed by atoms with E-state index in [2.05, 4.69) is 0 Å². The van der Waals surface area contributed by atoms with Gasteiger partial charge in [0.1, 0.15) is 0 Å². The summed E-state index contributed by atoms with van der Waals surface area (Å²) in [4.78, 5) is 13.3. The molecule has 0 aliphatic carbocycles. The second-order valence-electron chi connectivity index (χ2n) is 4.38. The lowest BCUT2D eigenvalue weighted by atomic mass is 10.2. The maximum absolute atomic E-state index is 13.4. The van der Waals surface area contributed by atoms with Crippen molar-refractivity contribution >= 4 is 17.3 Å². The molecule has 0 aliphatic rings. The van der Waals surface area contributed by atoms with E-state index < -0.39 is 29.9 Å². The first kappa shape index (κ1) is 14.8. The van der Waals surface area contributed by atoms with Crippen molar-refractivity contribution in [2.45, 2.75) is 0 Å². The van der Waals surface area contributed by atoms with Crippen LogP contribution in [0.5, 0.6) is 5.75 Å². The molecule has 2 N–H and O–H groups in total. The molecule has 0 bridgehead atoms. The van der Waals surface area contributed by atoms with E-state index in [9.17, 15) is 13.6 Å². The molecule has 0 saturated carbocycles. The van der Waals surface area contributed by atoms with Crippen molar-refractivity contribution in [3.63, 3.8) is 0 Å². The number of amides is 1. The van der Waals surface area contributed by atoms with Crippen LogP contribution in [0.15, 0.2) is 42.5 Å². The zero-order chi connectivity index (χ0) is 15.4. The van der Waals surface area contributed by atoms with Crippen LogP contribution in [0.4, 0.5) is 20.2 Å². The van der Waals surface area contributed by atoms with E-state index in [-0.39, 0.29) is 0 Å². The maximum atomic E-state index is 13.4. The summed E-state index contributed by atoms with van der Waals surface area (Å²) in [5.74, 6) is -2.70. The highest BCUT2D eigenvalue weighted by Gasteiger charge is 2.15. The summed E-state index contributed by atoms with van der Waals surface area (Å²) in [7, 11) is 1.54. The first-order valence-electron chi connectivity index (χ1n) is 6.18. The van der Waals surface area contributed by atoms with Gasteiger partial charge in [0.15, 0.2) is 24.0 Å². The van der Waals surface area contributed by atoms with E-state index in [1.165, 1.54) is 18.0 Å². The summed E-state index contributed by atoms with van der Waals surface area (Å²) in [6.45, 7) is -0.473. The molecule has 0 atom stereocenters. The number of carbonyl (C=O) groups excluding carboxylic acids is 1. The van der Waals surface area contributed by atoms with Crippen molar-refractivity contribution in [2.75, 3.05) is 24.3 Å². The number of likely N-dealkylation sites (N-methyl/N-ethyl adjacent to an activating group) is 1. The van der Waals surface area contributed by atoms with Gasteiger partial charge in [-0.3, -0.25) is 4.79 Å². The van der Waals surface area contributed by atoms with Crippen LogP contribution in [0.1, 0.15) is 0 Å². The highest BCUT2D eigenvalue weighted by atomic mass is 19.1. The predicted octanol–water partition coefficient (Wildman–Crippen LogP) is 2.59. The van der Waals surface area contributed by atoms with Gasteiger partial charge >= 0.3 is 0 Å². The second-order valence-corrected chi connectivity index (χ2v) is 4.38. The molecule has 0 aliphatic heterocycles. The number of hydrogen-bond donors (Lipinski definition) is 1. The number of hydrogen-bond acceptors (Lipinski definition) is 3. The standard InChI is InChI=1S/C15H14F2N2O2/c1-19(11-7-5-10(18)6-8-11)14(20)9-21-15-12(16)3-2-4-13(15)17/h2-8H,9,18H2,1H3. The Balaban J connectivity index is 2.03. The highest BCUT2D eigenvalue weighted by molar-refractivity contribution is 5.94. The Morgan fingerprint density at radius 1 is 1.14 bits per heavy atom. The molecular weight excluding hydrogens is 278 g/mol. The fourth-order valence-electron chi connectivity index (χ4n) is 1.69. The van der Waals surface area contributed by atoms with Crippen molar-refractivity contribution in [1.82, 2.24) is 0 Å². The highest BCUT2D eigenvalue weighted by Crippen LogP contribution is 2.21. The molecule has 2 aromatic carbocycles. The molecule has 0 fully saturated rings. The third-order valence-corrected chi connectivity index (χ3v) is 2.91. The van der Waals surface area contributed by atoms with Crippen LogP contribution in [0.2, 0.25) is 0 Å². The number of nitrogens with zero attached hydrogens (tertiary/aromatic N) is 1. The number of nitrogens with two attached hydrogens (primary N) is 1. The Bertz CT molecular complexity index is 624. The lowest BCUT2D eigenvalue weighted by molar-refractivity contribution is -0.120. The van der Waals surface area contributed by atoms with Gasteiger partial charge in [-0.2, -0.15) is 0 Å². The number of halogens is 2. The van der Waals surface area contributed by atoms with E-state index in [1.54, 1.807) is 24.3 Å². The number of nitrogen functional groups attached to an aromatic ring is 1. The number of anilines is 2. The van der Waals surface area contributed by atoms with Crippen LogP contribution >= 0.6 is 0 Å². The first-order chi connectivity index (χ1) is 9.99. The van der Waals surface area contributed by atoms with Gasteiger partial charge in [-0.1, -0.05) is 6.07 Å². The zero-order valence-electron chi connectivity index (χ0n) is 11.3. The van der Waals surface area contributed by atoms with E-state index in [0.717, 1.165) is 12.1 Å². The first-order valence-corrected chi connectivity index (χ1v) is 6.18. The molecule has 6 heteroatoms. The van der Waals surface area contributed by atoms with Crippen LogP contribution in [-0.2, 0) is 4.79 Å². The fraction of sp³-hybridized carbons (Fsp3) is 0.133. The molecule has 0 aromatic heterocycles. The van der Waals surface area contributed by atoms with Gasteiger partial charge in [0, 0.05) is 18.4 Å². The lowest BCUT2D eigenvalue weighted by Gasteiger charge is -2.18. The minimum absolute atomic E-state index is 0.442. The van der Waals surface area contributed by atoms with Gasteiger partial charge in [0.2, 0.25) is 0 Å². The minimum Gasteiger partial charge on any atom is -0.478 e. The monoisotopic (exact) mass is 292 g/mol.